The lowest BCUT2D eigenvalue weighted by Crippen LogP contribution is -2.37. The maximum Gasteiger partial charge on any atom is 0.270 e. The Kier molecular flexibility index (Phi) is 6.17. The maximum absolute atomic E-state index is 12.7. The Morgan fingerprint density at radius 1 is 1.33 bits per heavy atom. The molecule has 0 atom stereocenters. The second-order valence-electron chi connectivity index (χ2n) is 6.62. The molecular formula is C18H27N3O3. The molecule has 6 nitrogen and oxygen atoms in total. The summed E-state index contributed by atoms with van der Waals surface area (Å²) < 4.78 is 0. The van der Waals surface area contributed by atoms with Gasteiger partial charge in [0.25, 0.3) is 11.6 Å². The first-order valence-electron chi connectivity index (χ1n) is 8.80. The smallest absolute Gasteiger partial charge is 0.270 e. The third kappa shape index (κ3) is 4.24. The molecule has 0 radical (unpaired) electrons. The number of anilines is 1. The van der Waals surface area contributed by atoms with Crippen molar-refractivity contribution in [2.24, 2.45) is 5.92 Å². The second kappa shape index (κ2) is 8.13. The summed E-state index contributed by atoms with van der Waals surface area (Å²) in [6, 6.07) is 4.70. The predicted octanol–water partition coefficient (Wildman–Crippen LogP) is 3.75. The van der Waals surface area contributed by atoms with Crippen LogP contribution in [0.5, 0.6) is 0 Å². The first-order chi connectivity index (χ1) is 11.5. The van der Waals surface area contributed by atoms with Gasteiger partial charge in [0.15, 0.2) is 0 Å². The van der Waals surface area contributed by atoms with E-state index in [4.69, 9.17) is 0 Å². The minimum Gasteiger partial charge on any atom is -0.371 e. The van der Waals surface area contributed by atoms with Crippen LogP contribution in [0.1, 0.15) is 56.8 Å². The Balaban J connectivity index is 2.32. The number of rotatable bonds is 6. The molecule has 0 aromatic heterocycles. The zero-order valence-corrected chi connectivity index (χ0v) is 14.7. The van der Waals surface area contributed by atoms with Gasteiger partial charge >= 0.3 is 0 Å². The number of piperidine rings is 1. The van der Waals surface area contributed by atoms with E-state index in [0.29, 0.717) is 11.5 Å². The van der Waals surface area contributed by atoms with Crippen LogP contribution < -0.4 is 10.2 Å². The fourth-order valence-corrected chi connectivity index (χ4v) is 3.10. The third-order valence-corrected chi connectivity index (χ3v) is 4.88. The molecule has 1 aromatic carbocycles. The van der Waals surface area contributed by atoms with Crippen molar-refractivity contribution in [3.8, 4) is 0 Å². The van der Waals surface area contributed by atoms with Gasteiger partial charge in [0.05, 0.1) is 16.2 Å². The molecule has 1 aliphatic rings. The Morgan fingerprint density at radius 3 is 2.50 bits per heavy atom. The van der Waals surface area contributed by atoms with Crippen LogP contribution in [0.4, 0.5) is 11.4 Å². The summed E-state index contributed by atoms with van der Waals surface area (Å²) in [7, 11) is 0. The highest BCUT2D eigenvalue weighted by atomic mass is 16.6. The van der Waals surface area contributed by atoms with Gasteiger partial charge in [0.2, 0.25) is 0 Å². The molecule has 0 unspecified atom stereocenters. The molecule has 1 fully saturated rings. The fourth-order valence-electron chi connectivity index (χ4n) is 3.10. The highest BCUT2D eigenvalue weighted by Gasteiger charge is 2.24. The van der Waals surface area contributed by atoms with Gasteiger partial charge in [-0.1, -0.05) is 20.8 Å². The van der Waals surface area contributed by atoms with Gasteiger partial charge in [-0.2, -0.15) is 0 Å². The van der Waals surface area contributed by atoms with Gasteiger partial charge in [-0.25, -0.2) is 0 Å². The second-order valence-corrected chi connectivity index (χ2v) is 6.62. The summed E-state index contributed by atoms with van der Waals surface area (Å²) in [5.41, 5.74) is 1.17. The number of amides is 1. The van der Waals surface area contributed by atoms with Crippen LogP contribution in [0, 0.1) is 16.0 Å². The number of hydrogen-bond acceptors (Lipinski definition) is 4. The number of benzene rings is 1. The van der Waals surface area contributed by atoms with E-state index >= 15 is 0 Å². The van der Waals surface area contributed by atoms with Crippen LogP contribution in [-0.2, 0) is 0 Å². The summed E-state index contributed by atoms with van der Waals surface area (Å²) in [5, 5.41) is 14.1. The van der Waals surface area contributed by atoms with E-state index in [1.165, 1.54) is 12.1 Å². The van der Waals surface area contributed by atoms with E-state index in [2.05, 4.69) is 17.1 Å². The number of nitro benzene ring substituents is 1. The predicted molar refractivity (Wildman–Crippen MR) is 95.5 cm³/mol. The molecule has 0 saturated carbocycles. The quantitative estimate of drug-likeness (QED) is 0.635. The maximum atomic E-state index is 12.7. The third-order valence-electron chi connectivity index (χ3n) is 4.88. The molecule has 1 N–H and O–H groups in total. The minimum atomic E-state index is -0.448. The minimum absolute atomic E-state index is 0.0428. The van der Waals surface area contributed by atoms with E-state index in [1.807, 2.05) is 13.8 Å². The molecule has 1 heterocycles. The lowest BCUT2D eigenvalue weighted by atomic mass is 9.97. The average molecular weight is 333 g/mol. The van der Waals surface area contributed by atoms with Crippen LogP contribution in [0.25, 0.3) is 0 Å². The molecule has 0 spiro atoms. The molecular weight excluding hydrogens is 306 g/mol. The lowest BCUT2D eigenvalue weighted by Gasteiger charge is -2.33. The number of nitrogens with zero attached hydrogens (tertiary/aromatic N) is 2. The van der Waals surface area contributed by atoms with E-state index in [-0.39, 0.29) is 17.6 Å². The van der Waals surface area contributed by atoms with Crippen molar-refractivity contribution in [1.82, 2.24) is 5.32 Å². The largest absolute Gasteiger partial charge is 0.371 e. The van der Waals surface area contributed by atoms with Gasteiger partial charge in [0.1, 0.15) is 0 Å². The summed E-state index contributed by atoms with van der Waals surface area (Å²) in [6.45, 7) is 8.03. The molecule has 24 heavy (non-hydrogen) atoms. The highest BCUT2D eigenvalue weighted by molar-refractivity contribution is 6.00. The Bertz CT molecular complexity index is 591. The molecule has 1 aliphatic heterocycles. The molecule has 1 amide bonds. The molecule has 2 rings (SSSR count). The van der Waals surface area contributed by atoms with Crippen molar-refractivity contribution in [3.63, 3.8) is 0 Å². The zero-order valence-electron chi connectivity index (χ0n) is 14.7. The van der Waals surface area contributed by atoms with Crippen molar-refractivity contribution >= 4 is 17.3 Å². The number of carbonyl (C=O) groups excluding carboxylic acids is 1. The fraction of sp³-hybridized carbons (Fsp3) is 0.611. The number of hydrogen-bond donors (Lipinski definition) is 1. The molecule has 132 valence electrons. The topological polar surface area (TPSA) is 75.5 Å². The molecule has 6 heteroatoms. The van der Waals surface area contributed by atoms with Crippen LogP contribution in [-0.4, -0.2) is 30.0 Å². The lowest BCUT2D eigenvalue weighted by molar-refractivity contribution is -0.384. The number of nitro groups is 1. The van der Waals surface area contributed by atoms with Crippen molar-refractivity contribution in [2.75, 3.05) is 18.0 Å². The zero-order chi connectivity index (χ0) is 17.7. The summed E-state index contributed by atoms with van der Waals surface area (Å²) in [6.07, 6.45) is 3.83. The highest BCUT2D eigenvalue weighted by Crippen LogP contribution is 2.29. The Labute approximate surface area is 143 Å². The summed E-state index contributed by atoms with van der Waals surface area (Å²) >= 11 is 0. The van der Waals surface area contributed by atoms with Crippen LogP contribution >= 0.6 is 0 Å². The van der Waals surface area contributed by atoms with Crippen molar-refractivity contribution < 1.29 is 9.72 Å². The molecule has 1 aromatic rings. The standard InChI is InChI=1S/C18H27N3O3/c1-4-14(5-2)19-18(22)16-12-15(21(23)24)6-7-17(16)20-10-8-13(3)9-11-20/h6-7,12-14H,4-5,8-11H2,1-3H3,(H,19,22). The van der Waals surface area contributed by atoms with Crippen molar-refractivity contribution in [2.45, 2.75) is 52.5 Å². The number of nitrogens with one attached hydrogen (secondary N) is 1. The molecule has 0 bridgehead atoms. The monoisotopic (exact) mass is 333 g/mol. The van der Waals surface area contributed by atoms with E-state index < -0.39 is 4.92 Å². The van der Waals surface area contributed by atoms with Crippen molar-refractivity contribution in [1.29, 1.82) is 0 Å². The SMILES string of the molecule is CCC(CC)NC(=O)c1cc([N+](=O)[O-])ccc1N1CCC(C)CC1. The van der Waals surface area contributed by atoms with E-state index in [0.717, 1.165) is 44.5 Å². The first-order valence-corrected chi connectivity index (χ1v) is 8.80. The van der Waals surface area contributed by atoms with Gasteiger partial charge in [-0.05, 0) is 37.7 Å². The van der Waals surface area contributed by atoms with Gasteiger partial charge < -0.3 is 10.2 Å². The Hall–Kier alpha value is -2.11. The number of non-ortho nitro benzene ring substituents is 1. The summed E-state index contributed by atoms with van der Waals surface area (Å²) in [4.78, 5) is 25.5. The van der Waals surface area contributed by atoms with Gasteiger partial charge in [-0.3, -0.25) is 14.9 Å². The first kappa shape index (κ1) is 18.2. The van der Waals surface area contributed by atoms with E-state index in [9.17, 15) is 14.9 Å². The average Bonchev–Trinajstić information content (AvgIpc) is 2.59. The van der Waals surface area contributed by atoms with Crippen LogP contribution in [0.2, 0.25) is 0 Å². The van der Waals surface area contributed by atoms with Crippen LogP contribution in [0.15, 0.2) is 18.2 Å². The molecule has 1 saturated heterocycles. The van der Waals surface area contributed by atoms with Gasteiger partial charge in [-0.15, -0.1) is 0 Å². The summed E-state index contributed by atoms with van der Waals surface area (Å²) in [5.74, 6) is 0.460. The van der Waals surface area contributed by atoms with E-state index in [1.54, 1.807) is 6.07 Å². The Morgan fingerprint density at radius 2 is 1.96 bits per heavy atom. The van der Waals surface area contributed by atoms with Gasteiger partial charge in [0, 0.05) is 31.3 Å². The number of carbonyl (C=O) groups is 1. The molecule has 0 aliphatic carbocycles. The van der Waals surface area contributed by atoms with Crippen LogP contribution in [0.3, 0.4) is 0 Å². The normalized spacial score (nSPS) is 15.6. The van der Waals surface area contributed by atoms with Crippen molar-refractivity contribution in [3.05, 3.63) is 33.9 Å².